The van der Waals surface area contributed by atoms with Crippen LogP contribution >= 0.6 is 0 Å². The summed E-state index contributed by atoms with van der Waals surface area (Å²) in [5.74, 6) is -0.152. The number of nitrogens with zero attached hydrogens (tertiary/aromatic N) is 2. The molecular weight excluding hydrogens is 253 g/mol. The lowest BCUT2D eigenvalue weighted by atomic mass is 9.99. The van der Waals surface area contributed by atoms with Gasteiger partial charge in [0.15, 0.2) is 0 Å². The molecule has 0 amide bonds. The lowest BCUT2D eigenvalue weighted by Crippen LogP contribution is -2.24. The highest BCUT2D eigenvalue weighted by Crippen LogP contribution is 2.21. The van der Waals surface area contributed by atoms with Crippen molar-refractivity contribution in [3.05, 3.63) is 52.6 Å². The second-order valence-corrected chi connectivity index (χ2v) is 5.22. The minimum absolute atomic E-state index is 0.152. The topological polar surface area (TPSA) is 29.9 Å². The molecule has 0 spiro atoms. The Hall–Kier alpha value is -1.68. The van der Waals surface area contributed by atoms with Crippen LogP contribution in [0.1, 0.15) is 35.5 Å². The third kappa shape index (κ3) is 3.25. The normalized spacial score (nSPS) is 12.7. The molecule has 0 radical (unpaired) electrons. The molecule has 0 aliphatic rings. The SMILES string of the molecule is CCNC(Cc1cc(C)nn1C)c1ccc(F)c(C)c1. The third-order valence-corrected chi connectivity index (χ3v) is 3.55. The Bertz CT molecular complexity index is 589. The van der Waals surface area contributed by atoms with Gasteiger partial charge in [-0.05, 0) is 43.7 Å². The summed E-state index contributed by atoms with van der Waals surface area (Å²) in [5, 5.41) is 7.85. The summed E-state index contributed by atoms with van der Waals surface area (Å²) in [7, 11) is 1.96. The van der Waals surface area contributed by atoms with Crippen molar-refractivity contribution in [3.63, 3.8) is 0 Å². The van der Waals surface area contributed by atoms with Gasteiger partial charge in [-0.15, -0.1) is 0 Å². The van der Waals surface area contributed by atoms with E-state index in [-0.39, 0.29) is 11.9 Å². The number of aryl methyl sites for hydroxylation is 3. The van der Waals surface area contributed by atoms with Crippen LogP contribution in [0, 0.1) is 19.7 Å². The van der Waals surface area contributed by atoms with Crippen LogP contribution < -0.4 is 5.32 Å². The Morgan fingerprint density at radius 2 is 2.05 bits per heavy atom. The van der Waals surface area contributed by atoms with Crippen molar-refractivity contribution in [2.24, 2.45) is 7.05 Å². The number of nitrogens with one attached hydrogen (secondary N) is 1. The van der Waals surface area contributed by atoms with E-state index in [9.17, 15) is 4.39 Å². The van der Waals surface area contributed by atoms with Crippen LogP contribution in [0.15, 0.2) is 24.3 Å². The zero-order valence-electron chi connectivity index (χ0n) is 12.6. The Labute approximate surface area is 119 Å². The smallest absolute Gasteiger partial charge is 0.126 e. The molecule has 4 heteroatoms. The fraction of sp³-hybridized carbons (Fsp3) is 0.438. The van der Waals surface area contributed by atoms with Gasteiger partial charge in [-0.25, -0.2) is 4.39 Å². The summed E-state index contributed by atoms with van der Waals surface area (Å²) in [6, 6.07) is 7.60. The van der Waals surface area contributed by atoms with Crippen LogP contribution in [-0.2, 0) is 13.5 Å². The summed E-state index contributed by atoms with van der Waals surface area (Å²) in [4.78, 5) is 0. The molecule has 3 nitrogen and oxygen atoms in total. The second-order valence-electron chi connectivity index (χ2n) is 5.22. The van der Waals surface area contributed by atoms with Gasteiger partial charge in [0.05, 0.1) is 5.69 Å². The Morgan fingerprint density at radius 1 is 1.30 bits per heavy atom. The molecule has 108 valence electrons. The lowest BCUT2D eigenvalue weighted by molar-refractivity contribution is 0.526. The lowest BCUT2D eigenvalue weighted by Gasteiger charge is -2.19. The van der Waals surface area contributed by atoms with Crippen LogP contribution in [0.2, 0.25) is 0 Å². The number of rotatable bonds is 5. The highest BCUT2D eigenvalue weighted by atomic mass is 19.1. The van der Waals surface area contributed by atoms with Crippen molar-refractivity contribution in [1.29, 1.82) is 0 Å². The molecule has 0 aliphatic carbocycles. The summed E-state index contributed by atoms with van der Waals surface area (Å²) in [6.45, 7) is 6.75. The number of aromatic nitrogens is 2. The molecule has 1 atom stereocenters. The highest BCUT2D eigenvalue weighted by Gasteiger charge is 2.15. The van der Waals surface area contributed by atoms with Crippen LogP contribution in [0.5, 0.6) is 0 Å². The van der Waals surface area contributed by atoms with Crippen molar-refractivity contribution in [1.82, 2.24) is 15.1 Å². The largest absolute Gasteiger partial charge is 0.310 e. The van der Waals surface area contributed by atoms with E-state index in [2.05, 4.69) is 23.4 Å². The van der Waals surface area contributed by atoms with Gasteiger partial charge in [-0.2, -0.15) is 5.10 Å². The molecule has 2 rings (SSSR count). The predicted molar refractivity (Wildman–Crippen MR) is 79.2 cm³/mol. The van der Waals surface area contributed by atoms with Crippen molar-refractivity contribution < 1.29 is 4.39 Å². The first-order valence-corrected chi connectivity index (χ1v) is 7.00. The summed E-state index contributed by atoms with van der Waals surface area (Å²) >= 11 is 0. The first-order chi connectivity index (χ1) is 9.51. The monoisotopic (exact) mass is 275 g/mol. The molecule has 1 aromatic heterocycles. The Morgan fingerprint density at radius 3 is 2.60 bits per heavy atom. The van der Waals surface area contributed by atoms with Crippen molar-refractivity contribution >= 4 is 0 Å². The number of hydrogen-bond donors (Lipinski definition) is 1. The van der Waals surface area contributed by atoms with Gasteiger partial charge in [0, 0.05) is 25.2 Å². The molecule has 0 fully saturated rings. The van der Waals surface area contributed by atoms with Gasteiger partial charge >= 0.3 is 0 Å². The van der Waals surface area contributed by atoms with E-state index < -0.39 is 0 Å². The summed E-state index contributed by atoms with van der Waals surface area (Å²) < 4.78 is 15.3. The van der Waals surface area contributed by atoms with E-state index in [0.717, 1.165) is 24.2 Å². The van der Waals surface area contributed by atoms with Gasteiger partial charge in [0.1, 0.15) is 5.82 Å². The van der Waals surface area contributed by atoms with Crippen molar-refractivity contribution in [2.75, 3.05) is 6.54 Å². The number of hydrogen-bond acceptors (Lipinski definition) is 2. The van der Waals surface area contributed by atoms with E-state index >= 15 is 0 Å². The summed E-state index contributed by atoms with van der Waals surface area (Å²) in [5.41, 5.74) is 4.00. The average molecular weight is 275 g/mol. The quantitative estimate of drug-likeness (QED) is 0.909. The van der Waals surface area contributed by atoms with E-state index in [1.807, 2.05) is 30.8 Å². The van der Waals surface area contributed by atoms with Crippen LogP contribution in [-0.4, -0.2) is 16.3 Å². The van der Waals surface area contributed by atoms with E-state index in [1.165, 1.54) is 5.69 Å². The fourth-order valence-corrected chi connectivity index (χ4v) is 2.50. The Balaban J connectivity index is 2.26. The minimum Gasteiger partial charge on any atom is -0.310 e. The van der Waals surface area contributed by atoms with Crippen LogP contribution in [0.4, 0.5) is 4.39 Å². The molecule has 1 heterocycles. The predicted octanol–water partition coefficient (Wildman–Crippen LogP) is 3.07. The Kier molecular flexibility index (Phi) is 4.55. The first-order valence-electron chi connectivity index (χ1n) is 7.00. The third-order valence-electron chi connectivity index (χ3n) is 3.55. The number of likely N-dealkylation sites (N-methyl/N-ethyl adjacent to an activating group) is 1. The molecule has 1 N–H and O–H groups in total. The highest BCUT2D eigenvalue weighted by molar-refractivity contribution is 5.28. The van der Waals surface area contributed by atoms with Gasteiger partial charge < -0.3 is 5.32 Å². The molecule has 0 saturated heterocycles. The van der Waals surface area contributed by atoms with Crippen molar-refractivity contribution in [2.45, 2.75) is 33.2 Å². The molecular formula is C16H22FN3. The van der Waals surface area contributed by atoms with Gasteiger partial charge in [-0.1, -0.05) is 19.1 Å². The number of benzene rings is 1. The van der Waals surface area contributed by atoms with E-state index in [1.54, 1.807) is 13.0 Å². The van der Waals surface area contributed by atoms with Crippen molar-refractivity contribution in [3.8, 4) is 0 Å². The van der Waals surface area contributed by atoms with Crippen LogP contribution in [0.25, 0.3) is 0 Å². The zero-order chi connectivity index (χ0) is 14.7. The molecule has 2 aromatic rings. The fourth-order valence-electron chi connectivity index (χ4n) is 2.50. The standard InChI is InChI=1S/C16H22FN3/c1-5-18-16(10-14-9-12(3)19-20(14)4)13-6-7-15(17)11(2)8-13/h6-9,16,18H,5,10H2,1-4H3. The first kappa shape index (κ1) is 14.7. The summed E-state index contributed by atoms with van der Waals surface area (Å²) in [6.07, 6.45) is 0.844. The maximum Gasteiger partial charge on any atom is 0.126 e. The molecule has 1 unspecified atom stereocenters. The molecule has 1 aromatic carbocycles. The van der Waals surface area contributed by atoms with Crippen LogP contribution in [0.3, 0.4) is 0 Å². The van der Waals surface area contributed by atoms with Gasteiger partial charge in [-0.3, -0.25) is 4.68 Å². The van der Waals surface area contributed by atoms with Gasteiger partial charge in [0.2, 0.25) is 0 Å². The van der Waals surface area contributed by atoms with E-state index in [4.69, 9.17) is 0 Å². The molecule has 0 aliphatic heterocycles. The maximum absolute atomic E-state index is 13.4. The number of halogens is 1. The molecule has 0 saturated carbocycles. The van der Waals surface area contributed by atoms with E-state index in [0.29, 0.717) is 5.56 Å². The minimum atomic E-state index is -0.152. The zero-order valence-corrected chi connectivity index (χ0v) is 12.6. The van der Waals surface area contributed by atoms with Gasteiger partial charge in [0.25, 0.3) is 0 Å². The molecule has 0 bridgehead atoms. The average Bonchev–Trinajstić information content (AvgIpc) is 2.71. The second kappa shape index (κ2) is 6.18. The maximum atomic E-state index is 13.4. The molecule has 20 heavy (non-hydrogen) atoms.